The van der Waals surface area contributed by atoms with E-state index in [9.17, 15) is 9.59 Å². The number of carbonyl (C=O) groups excluding carboxylic acids is 2. The van der Waals surface area contributed by atoms with Crippen LogP contribution in [0.3, 0.4) is 0 Å². The molecule has 0 unspecified atom stereocenters. The third-order valence-corrected chi connectivity index (χ3v) is 2.78. The monoisotopic (exact) mass is 273 g/mol. The first kappa shape index (κ1) is 13.9. The summed E-state index contributed by atoms with van der Waals surface area (Å²) in [6, 6.07) is 6.79. The molecule has 1 aromatic rings. The van der Waals surface area contributed by atoms with Crippen molar-refractivity contribution in [2.45, 2.75) is 6.42 Å². The Balaban J connectivity index is 2.09. The summed E-state index contributed by atoms with van der Waals surface area (Å²) >= 11 is 0. The maximum Gasteiger partial charge on any atom is 0.260 e. The van der Waals surface area contributed by atoms with Gasteiger partial charge < -0.3 is 9.47 Å². The minimum atomic E-state index is -0.359. The van der Waals surface area contributed by atoms with Gasteiger partial charge in [0.1, 0.15) is 19.0 Å². The van der Waals surface area contributed by atoms with Crippen LogP contribution in [0.2, 0.25) is 0 Å². The number of hydrogen-bond acceptors (Lipinski definition) is 4. The van der Waals surface area contributed by atoms with Crippen molar-refractivity contribution in [3.8, 4) is 5.75 Å². The number of imide groups is 1. The zero-order valence-corrected chi connectivity index (χ0v) is 11.0. The molecule has 2 rings (SSSR count). The second kappa shape index (κ2) is 6.06. The first-order chi connectivity index (χ1) is 9.63. The molecule has 5 nitrogen and oxygen atoms in total. The molecular weight excluding hydrogens is 258 g/mol. The highest BCUT2D eigenvalue weighted by Gasteiger charge is 2.33. The molecule has 1 fully saturated rings. The lowest BCUT2D eigenvalue weighted by atomic mass is 10.2. The van der Waals surface area contributed by atoms with E-state index in [1.165, 1.54) is 6.26 Å². The predicted molar refractivity (Wildman–Crippen MR) is 74.3 cm³/mol. The SMILES string of the molecule is C=COCCOc1cccc(N2C(=O)CC(=C)C2=O)c1. The molecule has 1 aliphatic rings. The first-order valence-corrected chi connectivity index (χ1v) is 6.14. The fourth-order valence-electron chi connectivity index (χ4n) is 1.87. The highest BCUT2D eigenvalue weighted by atomic mass is 16.5. The van der Waals surface area contributed by atoms with Crippen LogP contribution in [-0.2, 0) is 14.3 Å². The summed E-state index contributed by atoms with van der Waals surface area (Å²) in [4.78, 5) is 24.8. The summed E-state index contributed by atoms with van der Waals surface area (Å²) in [5, 5.41) is 0. The second-order valence-electron chi connectivity index (χ2n) is 4.20. The summed E-state index contributed by atoms with van der Waals surface area (Å²) < 4.78 is 10.4. The summed E-state index contributed by atoms with van der Waals surface area (Å²) in [6.07, 6.45) is 1.41. The lowest BCUT2D eigenvalue weighted by molar-refractivity contribution is -0.120. The molecule has 0 saturated carbocycles. The predicted octanol–water partition coefficient (Wildman–Crippen LogP) is 2.04. The van der Waals surface area contributed by atoms with E-state index in [2.05, 4.69) is 13.2 Å². The van der Waals surface area contributed by atoms with Crippen LogP contribution in [0.4, 0.5) is 5.69 Å². The summed E-state index contributed by atoms with van der Waals surface area (Å²) in [5.41, 5.74) is 0.793. The van der Waals surface area contributed by atoms with Gasteiger partial charge in [-0.25, -0.2) is 4.90 Å². The Hall–Kier alpha value is -2.56. The molecule has 20 heavy (non-hydrogen) atoms. The van der Waals surface area contributed by atoms with Gasteiger partial charge in [0, 0.05) is 11.6 Å². The third kappa shape index (κ3) is 2.88. The maximum atomic E-state index is 11.9. The average Bonchev–Trinajstić information content (AvgIpc) is 2.69. The van der Waals surface area contributed by atoms with Crippen LogP contribution in [0.15, 0.2) is 49.3 Å². The van der Waals surface area contributed by atoms with E-state index in [1.807, 2.05) is 0 Å². The summed E-state index contributed by atoms with van der Waals surface area (Å²) in [5.74, 6) is -0.0671. The molecule has 1 heterocycles. The van der Waals surface area contributed by atoms with Gasteiger partial charge in [-0.1, -0.05) is 19.2 Å². The smallest absolute Gasteiger partial charge is 0.260 e. The summed E-state index contributed by atoms with van der Waals surface area (Å²) in [7, 11) is 0. The van der Waals surface area contributed by atoms with Crippen LogP contribution in [0.25, 0.3) is 0 Å². The molecular formula is C15H15NO4. The van der Waals surface area contributed by atoms with E-state index in [0.29, 0.717) is 30.2 Å². The van der Waals surface area contributed by atoms with Gasteiger partial charge in [-0.15, -0.1) is 0 Å². The Bertz CT molecular complexity index is 565. The highest BCUT2D eigenvalue weighted by molar-refractivity contribution is 6.27. The van der Waals surface area contributed by atoms with Crippen molar-refractivity contribution >= 4 is 17.5 Å². The molecule has 0 aliphatic carbocycles. The van der Waals surface area contributed by atoms with Crippen molar-refractivity contribution in [2.24, 2.45) is 0 Å². The number of benzene rings is 1. The highest BCUT2D eigenvalue weighted by Crippen LogP contribution is 2.27. The standard InChI is InChI=1S/C15H15NO4/c1-3-19-7-8-20-13-6-4-5-12(10-13)16-14(17)9-11(2)15(16)18/h3-6,10H,1-2,7-9H2. The molecule has 104 valence electrons. The van der Waals surface area contributed by atoms with E-state index in [4.69, 9.17) is 9.47 Å². The van der Waals surface area contributed by atoms with Crippen molar-refractivity contribution in [1.29, 1.82) is 0 Å². The number of ether oxygens (including phenoxy) is 2. The molecule has 5 heteroatoms. The van der Waals surface area contributed by atoms with E-state index >= 15 is 0 Å². The number of nitrogens with zero attached hydrogens (tertiary/aromatic N) is 1. The fraction of sp³-hybridized carbons (Fsp3) is 0.200. The molecule has 2 amide bonds. The molecule has 1 aromatic carbocycles. The number of amides is 2. The molecule has 0 bridgehead atoms. The van der Waals surface area contributed by atoms with Crippen LogP contribution in [0, 0.1) is 0 Å². The van der Waals surface area contributed by atoms with Gasteiger partial charge in [0.25, 0.3) is 5.91 Å². The van der Waals surface area contributed by atoms with Crippen LogP contribution in [0.1, 0.15) is 6.42 Å². The van der Waals surface area contributed by atoms with Gasteiger partial charge in [0.15, 0.2) is 0 Å². The van der Waals surface area contributed by atoms with E-state index < -0.39 is 0 Å². The van der Waals surface area contributed by atoms with Crippen molar-refractivity contribution in [1.82, 2.24) is 0 Å². The topological polar surface area (TPSA) is 55.8 Å². The largest absolute Gasteiger partial charge is 0.498 e. The van der Waals surface area contributed by atoms with E-state index in [1.54, 1.807) is 24.3 Å². The fourth-order valence-corrected chi connectivity index (χ4v) is 1.87. The molecule has 1 saturated heterocycles. The van der Waals surface area contributed by atoms with Crippen molar-refractivity contribution in [3.05, 3.63) is 49.3 Å². The Kier molecular flexibility index (Phi) is 4.20. The molecule has 1 aliphatic heterocycles. The summed E-state index contributed by atoms with van der Waals surface area (Å²) in [6.45, 7) is 7.74. The van der Waals surface area contributed by atoms with Crippen molar-refractivity contribution < 1.29 is 19.1 Å². The second-order valence-corrected chi connectivity index (χ2v) is 4.20. The van der Waals surface area contributed by atoms with Gasteiger partial charge >= 0.3 is 0 Å². The molecule has 0 spiro atoms. The Labute approximate surface area is 117 Å². The number of anilines is 1. The normalized spacial score (nSPS) is 14.6. The van der Waals surface area contributed by atoms with Gasteiger partial charge in [0.05, 0.1) is 18.4 Å². The quantitative estimate of drug-likeness (QED) is 0.344. The van der Waals surface area contributed by atoms with Gasteiger partial charge in [0.2, 0.25) is 5.91 Å². The zero-order chi connectivity index (χ0) is 14.5. The molecule has 0 radical (unpaired) electrons. The lowest BCUT2D eigenvalue weighted by Crippen LogP contribution is -2.28. The molecule has 0 atom stereocenters. The van der Waals surface area contributed by atoms with Gasteiger partial charge in [-0.05, 0) is 12.1 Å². The van der Waals surface area contributed by atoms with Gasteiger partial charge in [-0.3, -0.25) is 9.59 Å². The Morgan fingerprint density at radius 1 is 1.30 bits per heavy atom. The van der Waals surface area contributed by atoms with Gasteiger partial charge in [-0.2, -0.15) is 0 Å². The van der Waals surface area contributed by atoms with Crippen LogP contribution >= 0.6 is 0 Å². The van der Waals surface area contributed by atoms with Crippen LogP contribution in [-0.4, -0.2) is 25.0 Å². The maximum absolute atomic E-state index is 11.9. The van der Waals surface area contributed by atoms with Crippen molar-refractivity contribution in [2.75, 3.05) is 18.1 Å². The minimum absolute atomic E-state index is 0.0666. The third-order valence-electron chi connectivity index (χ3n) is 2.78. The minimum Gasteiger partial charge on any atom is -0.498 e. The Morgan fingerprint density at radius 2 is 2.10 bits per heavy atom. The number of rotatable bonds is 6. The van der Waals surface area contributed by atoms with Crippen LogP contribution < -0.4 is 9.64 Å². The lowest BCUT2D eigenvalue weighted by Gasteiger charge is -2.15. The zero-order valence-electron chi connectivity index (χ0n) is 11.0. The van der Waals surface area contributed by atoms with Crippen LogP contribution in [0.5, 0.6) is 5.75 Å². The van der Waals surface area contributed by atoms with Crippen molar-refractivity contribution in [3.63, 3.8) is 0 Å². The average molecular weight is 273 g/mol. The van der Waals surface area contributed by atoms with E-state index in [0.717, 1.165) is 4.90 Å². The first-order valence-electron chi connectivity index (χ1n) is 6.14. The number of carbonyl (C=O) groups is 2. The molecule has 0 N–H and O–H groups in total. The Morgan fingerprint density at radius 3 is 2.75 bits per heavy atom. The molecule has 0 aromatic heterocycles. The number of hydrogen-bond donors (Lipinski definition) is 0. The van der Waals surface area contributed by atoms with E-state index in [-0.39, 0.29) is 18.2 Å².